The van der Waals surface area contributed by atoms with E-state index in [4.69, 9.17) is 4.43 Å². The Balaban J connectivity index is 2.64. The van der Waals surface area contributed by atoms with Crippen LogP contribution in [0.25, 0.3) is 0 Å². The quantitative estimate of drug-likeness (QED) is 0.771. The zero-order chi connectivity index (χ0) is 11.3. The molecule has 0 heterocycles. The van der Waals surface area contributed by atoms with Gasteiger partial charge in [0.25, 0.3) is 0 Å². The van der Waals surface area contributed by atoms with Crippen molar-refractivity contribution in [1.29, 1.82) is 0 Å². The standard InChI is InChI=1S/C12H20O2Si/c1-4-5-10-15(2,3)14-12-9-7-6-8-11(12)13/h6-9,13H,4-5,10H2,1-3H3. The minimum Gasteiger partial charge on any atom is -0.542 e. The van der Waals surface area contributed by atoms with Gasteiger partial charge in [-0.05, 0) is 31.3 Å². The number of benzene rings is 1. The molecule has 0 saturated heterocycles. The SMILES string of the molecule is CCCC[Si](C)(C)Oc1ccccc1O. The zero-order valence-corrected chi connectivity index (χ0v) is 10.8. The van der Waals surface area contributed by atoms with Crippen LogP contribution in [-0.2, 0) is 0 Å². The number of hydrogen-bond acceptors (Lipinski definition) is 2. The van der Waals surface area contributed by atoms with Gasteiger partial charge in [-0.15, -0.1) is 0 Å². The maximum atomic E-state index is 9.60. The van der Waals surface area contributed by atoms with E-state index >= 15 is 0 Å². The minimum atomic E-state index is -1.66. The van der Waals surface area contributed by atoms with Crippen molar-refractivity contribution >= 4 is 8.32 Å². The molecule has 0 spiro atoms. The smallest absolute Gasteiger partial charge is 0.245 e. The Kier molecular flexibility index (Phi) is 4.21. The molecule has 0 fully saturated rings. The molecule has 15 heavy (non-hydrogen) atoms. The highest BCUT2D eigenvalue weighted by atomic mass is 28.4. The van der Waals surface area contributed by atoms with Crippen molar-refractivity contribution in [2.45, 2.75) is 38.9 Å². The average Bonchev–Trinajstić information content (AvgIpc) is 2.18. The molecule has 1 N–H and O–H groups in total. The maximum absolute atomic E-state index is 9.60. The number of rotatable bonds is 5. The number of hydrogen-bond donors (Lipinski definition) is 1. The Morgan fingerprint density at radius 2 is 1.93 bits per heavy atom. The molecule has 0 amide bonds. The van der Waals surface area contributed by atoms with E-state index in [0.717, 1.165) is 6.04 Å². The molecule has 0 radical (unpaired) electrons. The van der Waals surface area contributed by atoms with Crippen molar-refractivity contribution in [1.82, 2.24) is 0 Å². The predicted octanol–water partition coefficient (Wildman–Crippen LogP) is 3.78. The molecule has 1 rings (SSSR count). The molecule has 2 nitrogen and oxygen atoms in total. The van der Waals surface area contributed by atoms with Crippen LogP contribution in [0.4, 0.5) is 0 Å². The monoisotopic (exact) mass is 224 g/mol. The van der Waals surface area contributed by atoms with E-state index in [1.54, 1.807) is 6.07 Å². The Labute approximate surface area is 93.0 Å². The summed E-state index contributed by atoms with van der Waals surface area (Å²) in [6, 6.07) is 8.33. The second-order valence-corrected chi connectivity index (χ2v) is 8.66. The average molecular weight is 224 g/mol. The number of phenols is 1. The summed E-state index contributed by atoms with van der Waals surface area (Å²) in [6.45, 7) is 6.56. The lowest BCUT2D eigenvalue weighted by atomic mass is 10.3. The molecular formula is C12H20O2Si. The summed E-state index contributed by atoms with van der Waals surface area (Å²) >= 11 is 0. The van der Waals surface area contributed by atoms with Gasteiger partial charge in [-0.3, -0.25) is 0 Å². The number of para-hydroxylation sites is 2. The van der Waals surface area contributed by atoms with Crippen LogP contribution in [0.2, 0.25) is 19.1 Å². The van der Waals surface area contributed by atoms with E-state index in [1.807, 2.05) is 18.2 Å². The van der Waals surface area contributed by atoms with Crippen molar-refractivity contribution in [3.8, 4) is 11.5 Å². The van der Waals surface area contributed by atoms with Crippen molar-refractivity contribution in [2.75, 3.05) is 0 Å². The maximum Gasteiger partial charge on any atom is 0.245 e. The van der Waals surface area contributed by atoms with Crippen molar-refractivity contribution < 1.29 is 9.53 Å². The Bertz CT molecular complexity index is 310. The lowest BCUT2D eigenvalue weighted by Crippen LogP contribution is -2.33. The third kappa shape index (κ3) is 3.96. The van der Waals surface area contributed by atoms with Crippen LogP contribution in [0.1, 0.15) is 19.8 Å². The summed E-state index contributed by atoms with van der Waals surface area (Å²) in [6.07, 6.45) is 2.40. The third-order valence-electron chi connectivity index (χ3n) is 2.38. The van der Waals surface area contributed by atoms with Gasteiger partial charge in [-0.2, -0.15) is 0 Å². The number of aromatic hydroxyl groups is 1. The first-order valence-corrected chi connectivity index (χ1v) is 8.64. The molecule has 0 aromatic heterocycles. The van der Waals surface area contributed by atoms with E-state index in [9.17, 15) is 5.11 Å². The van der Waals surface area contributed by atoms with Crippen LogP contribution >= 0.6 is 0 Å². The van der Waals surface area contributed by atoms with Crippen LogP contribution < -0.4 is 4.43 Å². The van der Waals surface area contributed by atoms with E-state index in [1.165, 1.54) is 12.8 Å². The molecule has 0 saturated carbocycles. The van der Waals surface area contributed by atoms with Crippen LogP contribution in [0, 0.1) is 0 Å². The molecule has 1 aromatic carbocycles. The fourth-order valence-electron chi connectivity index (χ4n) is 1.49. The van der Waals surface area contributed by atoms with Gasteiger partial charge < -0.3 is 9.53 Å². The van der Waals surface area contributed by atoms with Crippen LogP contribution in [0.15, 0.2) is 24.3 Å². The van der Waals surface area contributed by atoms with Gasteiger partial charge in [-0.25, -0.2) is 0 Å². The molecule has 1 aromatic rings. The topological polar surface area (TPSA) is 29.5 Å². The van der Waals surface area contributed by atoms with Gasteiger partial charge in [-0.1, -0.05) is 31.9 Å². The first-order valence-electron chi connectivity index (χ1n) is 5.52. The van der Waals surface area contributed by atoms with E-state index in [-0.39, 0.29) is 5.75 Å². The van der Waals surface area contributed by atoms with Gasteiger partial charge in [0.05, 0.1) is 0 Å². The van der Waals surface area contributed by atoms with Gasteiger partial charge in [0, 0.05) is 0 Å². The van der Waals surface area contributed by atoms with Gasteiger partial charge >= 0.3 is 0 Å². The fraction of sp³-hybridized carbons (Fsp3) is 0.500. The highest BCUT2D eigenvalue weighted by Crippen LogP contribution is 2.28. The van der Waals surface area contributed by atoms with Gasteiger partial charge in [0.1, 0.15) is 5.75 Å². The second kappa shape index (κ2) is 5.21. The molecule has 3 heteroatoms. The summed E-state index contributed by atoms with van der Waals surface area (Å²) in [5.41, 5.74) is 0. The van der Waals surface area contributed by atoms with Crippen LogP contribution in [0.5, 0.6) is 11.5 Å². The highest BCUT2D eigenvalue weighted by molar-refractivity contribution is 6.71. The minimum absolute atomic E-state index is 0.245. The predicted molar refractivity (Wildman–Crippen MR) is 65.9 cm³/mol. The lowest BCUT2D eigenvalue weighted by Gasteiger charge is -2.24. The van der Waals surface area contributed by atoms with Gasteiger partial charge in [0.15, 0.2) is 5.75 Å². The third-order valence-corrected chi connectivity index (χ3v) is 4.71. The molecule has 84 valence electrons. The van der Waals surface area contributed by atoms with Crippen molar-refractivity contribution in [3.05, 3.63) is 24.3 Å². The van der Waals surface area contributed by atoms with Gasteiger partial charge in [0.2, 0.25) is 8.32 Å². The summed E-state index contributed by atoms with van der Waals surface area (Å²) in [5.74, 6) is 0.875. The summed E-state index contributed by atoms with van der Waals surface area (Å²) in [4.78, 5) is 0. The Morgan fingerprint density at radius 3 is 2.53 bits per heavy atom. The largest absolute Gasteiger partial charge is 0.542 e. The number of phenolic OH excluding ortho intramolecular Hbond substituents is 1. The normalized spacial score (nSPS) is 11.4. The molecule has 0 aliphatic rings. The second-order valence-electron chi connectivity index (χ2n) is 4.43. The van der Waals surface area contributed by atoms with E-state index in [0.29, 0.717) is 5.75 Å². The summed E-state index contributed by atoms with van der Waals surface area (Å²) < 4.78 is 5.92. The zero-order valence-electron chi connectivity index (χ0n) is 9.79. The first-order chi connectivity index (χ1) is 7.05. The molecule has 0 aliphatic heterocycles. The van der Waals surface area contributed by atoms with Crippen LogP contribution in [0.3, 0.4) is 0 Å². The summed E-state index contributed by atoms with van der Waals surface area (Å²) in [7, 11) is -1.66. The van der Waals surface area contributed by atoms with Crippen LogP contribution in [-0.4, -0.2) is 13.4 Å². The lowest BCUT2D eigenvalue weighted by molar-refractivity contribution is 0.433. The highest BCUT2D eigenvalue weighted by Gasteiger charge is 2.24. The van der Waals surface area contributed by atoms with Crippen molar-refractivity contribution in [2.24, 2.45) is 0 Å². The fourth-order valence-corrected chi connectivity index (χ4v) is 3.57. The molecule has 0 atom stereocenters. The van der Waals surface area contributed by atoms with E-state index < -0.39 is 8.32 Å². The molecular weight excluding hydrogens is 204 g/mol. The number of unbranched alkanes of at least 4 members (excludes halogenated alkanes) is 1. The summed E-state index contributed by atoms with van der Waals surface area (Å²) in [5, 5.41) is 9.60. The Hall–Kier alpha value is -0.963. The first kappa shape index (κ1) is 12.1. The van der Waals surface area contributed by atoms with E-state index in [2.05, 4.69) is 20.0 Å². The molecule has 0 bridgehead atoms. The molecule has 0 aliphatic carbocycles. The van der Waals surface area contributed by atoms with Crippen molar-refractivity contribution in [3.63, 3.8) is 0 Å². The molecule has 0 unspecified atom stereocenters. The Morgan fingerprint density at radius 1 is 1.27 bits per heavy atom.